The van der Waals surface area contributed by atoms with Crippen molar-refractivity contribution < 1.29 is 0 Å². The lowest BCUT2D eigenvalue weighted by Crippen LogP contribution is -1.79. The molecule has 0 aromatic rings. The maximum absolute atomic E-state index is 4.45. The van der Waals surface area contributed by atoms with Crippen LogP contribution in [0.25, 0.3) is 0 Å². The number of thiocarbonyl (C=S) groups is 1. The van der Waals surface area contributed by atoms with Crippen molar-refractivity contribution in [2.75, 3.05) is 0 Å². The zero-order valence-corrected chi connectivity index (χ0v) is 3.57. The summed E-state index contributed by atoms with van der Waals surface area (Å²) in [6, 6.07) is 0. The molecule has 4 heteroatoms. The third-order valence-electron chi connectivity index (χ3n) is 0.326. The molecule has 0 bridgehead atoms. The second-order valence-electron chi connectivity index (χ2n) is 0.706. The maximum atomic E-state index is 4.45. The largest absolute Gasteiger partial charge is 0.180 e. The number of hydrogen-bond donors (Lipinski definition) is 0. The van der Waals surface area contributed by atoms with E-state index in [-0.39, 0.29) is 0 Å². The van der Waals surface area contributed by atoms with Gasteiger partial charge in [0.25, 0.3) is 0 Å². The monoisotopic (exact) mass is 98.0 g/mol. The summed E-state index contributed by atoms with van der Waals surface area (Å²) < 4.78 is 0. The van der Waals surface area contributed by atoms with Crippen LogP contribution in [0.2, 0.25) is 0 Å². The van der Waals surface area contributed by atoms with Crippen molar-refractivity contribution in [1.29, 1.82) is 0 Å². The van der Waals surface area contributed by atoms with Crippen molar-refractivity contribution in [3.05, 3.63) is 0 Å². The third-order valence-corrected chi connectivity index (χ3v) is 0.499. The van der Waals surface area contributed by atoms with E-state index in [1.165, 1.54) is 0 Å². The predicted octanol–water partition coefficient (Wildman–Crippen LogP) is 0.642. The molecule has 29 valence electrons. The van der Waals surface area contributed by atoms with Crippen LogP contribution in [0, 0.1) is 0 Å². The van der Waals surface area contributed by atoms with Gasteiger partial charge < -0.3 is 0 Å². The van der Waals surface area contributed by atoms with Crippen LogP contribution in [0.4, 0.5) is 0 Å². The number of rotatable bonds is 0. The fraction of sp³-hybridized carbons (Fsp3) is 0. The molecule has 1 radical (unpaired) electrons. The quantitative estimate of drug-likeness (QED) is 0.410. The highest BCUT2D eigenvalue weighted by Gasteiger charge is 1.90. The van der Waals surface area contributed by atoms with Gasteiger partial charge in [-0.1, -0.05) is 12.2 Å². The molecule has 3 nitrogen and oxygen atoms in total. The lowest BCUT2D eigenvalue weighted by atomic mass is 10.8. The lowest BCUT2D eigenvalue weighted by molar-refractivity contribution is 1.13. The first-order valence-corrected chi connectivity index (χ1v) is 1.71. The SMILES string of the molecule is S=C1[C]=NN=N1. The molecule has 0 fully saturated rings. The zero-order chi connectivity index (χ0) is 4.41. The van der Waals surface area contributed by atoms with Crippen molar-refractivity contribution >= 4 is 23.4 Å². The van der Waals surface area contributed by atoms with Gasteiger partial charge in [-0.25, -0.2) is 0 Å². The summed E-state index contributed by atoms with van der Waals surface area (Å²) in [6.45, 7) is 0. The summed E-state index contributed by atoms with van der Waals surface area (Å²) in [5, 5.41) is 9.71. The second-order valence-corrected chi connectivity index (χ2v) is 1.09. The smallest absolute Gasteiger partial charge is 0.125 e. The van der Waals surface area contributed by atoms with Crippen molar-refractivity contribution in [3.8, 4) is 0 Å². The Bertz CT molecular complexity index is 111. The first-order valence-electron chi connectivity index (χ1n) is 1.30. The Labute approximate surface area is 39.8 Å². The minimum absolute atomic E-state index is 0.329. The van der Waals surface area contributed by atoms with Gasteiger partial charge >= 0.3 is 0 Å². The molecule has 0 N–H and O–H groups in total. The Morgan fingerprint density at radius 2 is 2.50 bits per heavy atom. The van der Waals surface area contributed by atoms with Gasteiger partial charge in [0.15, 0.2) is 11.2 Å². The zero-order valence-electron chi connectivity index (χ0n) is 2.75. The highest BCUT2D eigenvalue weighted by Crippen LogP contribution is 1.87. The van der Waals surface area contributed by atoms with E-state index < -0.39 is 0 Å². The van der Waals surface area contributed by atoms with Crippen molar-refractivity contribution in [2.45, 2.75) is 0 Å². The van der Waals surface area contributed by atoms with E-state index in [4.69, 9.17) is 0 Å². The van der Waals surface area contributed by atoms with Gasteiger partial charge in [0.05, 0.1) is 0 Å². The molecule has 0 amide bonds. The van der Waals surface area contributed by atoms with E-state index in [0.717, 1.165) is 0 Å². The first kappa shape index (κ1) is 3.55. The van der Waals surface area contributed by atoms with Crippen LogP contribution in [0.15, 0.2) is 15.4 Å². The van der Waals surface area contributed by atoms with Gasteiger partial charge in [0.1, 0.15) is 0 Å². The Kier molecular flexibility index (Phi) is 0.719. The van der Waals surface area contributed by atoms with E-state index in [0.29, 0.717) is 4.99 Å². The molecule has 0 aliphatic carbocycles. The summed E-state index contributed by atoms with van der Waals surface area (Å²) in [5.74, 6) is 0. The van der Waals surface area contributed by atoms with Crippen molar-refractivity contribution in [2.24, 2.45) is 15.4 Å². The van der Waals surface area contributed by atoms with Gasteiger partial charge in [0.2, 0.25) is 0 Å². The summed E-state index contributed by atoms with van der Waals surface area (Å²) in [7, 11) is 0. The van der Waals surface area contributed by atoms with E-state index >= 15 is 0 Å². The minimum atomic E-state index is 0.329. The fourth-order valence-corrected chi connectivity index (χ4v) is 0.228. The Hall–Kier alpha value is -0.640. The Morgan fingerprint density at radius 1 is 1.67 bits per heavy atom. The van der Waals surface area contributed by atoms with Crippen LogP contribution in [-0.2, 0) is 0 Å². The molecular weight excluding hydrogens is 98.1 g/mol. The Balaban J connectivity index is 2.86. The summed E-state index contributed by atoms with van der Waals surface area (Å²) in [6.07, 6.45) is 2.34. The number of nitrogens with zero attached hydrogens (tertiary/aromatic N) is 3. The molecule has 0 unspecified atom stereocenters. The first-order chi connectivity index (χ1) is 2.89. The van der Waals surface area contributed by atoms with Crippen LogP contribution in [-0.4, -0.2) is 11.2 Å². The average molecular weight is 98.1 g/mol. The molecule has 1 aliphatic rings. The topological polar surface area (TPSA) is 37.1 Å². The highest BCUT2D eigenvalue weighted by molar-refractivity contribution is 7.81. The molecular formula is C2N3S. The van der Waals surface area contributed by atoms with Crippen LogP contribution in [0.5, 0.6) is 0 Å². The normalized spacial score (nSPS) is 17.0. The van der Waals surface area contributed by atoms with Gasteiger partial charge in [-0.2, -0.15) is 0 Å². The molecule has 0 aromatic carbocycles. The third kappa shape index (κ3) is 0.463. The highest BCUT2D eigenvalue weighted by atomic mass is 32.1. The summed E-state index contributed by atoms with van der Waals surface area (Å²) in [5.41, 5.74) is 0. The molecule has 0 saturated carbocycles. The van der Waals surface area contributed by atoms with Crippen molar-refractivity contribution in [1.82, 2.24) is 0 Å². The van der Waals surface area contributed by atoms with E-state index in [1.807, 2.05) is 0 Å². The van der Waals surface area contributed by atoms with Gasteiger partial charge in [0, 0.05) is 0 Å². The second kappa shape index (κ2) is 1.22. The molecule has 0 saturated heterocycles. The minimum Gasteiger partial charge on any atom is -0.125 e. The van der Waals surface area contributed by atoms with E-state index in [9.17, 15) is 0 Å². The van der Waals surface area contributed by atoms with Crippen LogP contribution in [0.3, 0.4) is 0 Å². The van der Waals surface area contributed by atoms with Gasteiger partial charge in [-0.3, -0.25) is 0 Å². The van der Waals surface area contributed by atoms with Crippen LogP contribution < -0.4 is 0 Å². The molecule has 0 aromatic heterocycles. The molecule has 0 spiro atoms. The standard InChI is InChI=1S/C2N3S/c6-2-1-3-5-4-2. The number of hydrogen-bond acceptors (Lipinski definition) is 3. The van der Waals surface area contributed by atoms with Crippen molar-refractivity contribution in [3.63, 3.8) is 0 Å². The van der Waals surface area contributed by atoms with Gasteiger partial charge in [-0.05, 0) is 5.22 Å². The average Bonchev–Trinajstić information content (AvgIpc) is 1.86. The van der Waals surface area contributed by atoms with E-state index in [1.54, 1.807) is 0 Å². The molecule has 6 heavy (non-hydrogen) atoms. The van der Waals surface area contributed by atoms with E-state index in [2.05, 4.69) is 33.9 Å². The Morgan fingerprint density at radius 3 is 2.67 bits per heavy atom. The summed E-state index contributed by atoms with van der Waals surface area (Å²) >= 11 is 4.45. The van der Waals surface area contributed by atoms with Crippen LogP contribution >= 0.6 is 12.2 Å². The molecule has 1 heterocycles. The fourth-order valence-electron chi connectivity index (χ4n) is 0.150. The lowest BCUT2D eigenvalue weighted by Gasteiger charge is -1.59. The van der Waals surface area contributed by atoms with Crippen LogP contribution in [0.1, 0.15) is 0 Å². The summed E-state index contributed by atoms with van der Waals surface area (Å²) in [4.78, 5) is 0.329. The van der Waals surface area contributed by atoms with Gasteiger partial charge in [-0.15, -0.1) is 10.2 Å². The molecule has 1 rings (SSSR count). The molecule has 0 atom stereocenters. The molecule has 1 aliphatic heterocycles. The maximum Gasteiger partial charge on any atom is 0.180 e. The predicted molar refractivity (Wildman–Crippen MR) is 24.9 cm³/mol.